The van der Waals surface area contributed by atoms with E-state index in [-0.39, 0.29) is 4.34 Å². The molecule has 0 aliphatic heterocycles. The number of nitrogens with zero attached hydrogens (tertiary/aromatic N) is 2. The highest BCUT2D eigenvalue weighted by Crippen LogP contribution is 2.46. The van der Waals surface area contributed by atoms with Gasteiger partial charge in [-0.15, -0.1) is 15.7 Å². The largest absolute Gasteiger partial charge is 0.385 e. The number of benzene rings is 2. The van der Waals surface area contributed by atoms with Gasteiger partial charge >= 0.3 is 6.03 Å². The second-order valence-electron chi connectivity index (χ2n) is 10.3. The molecule has 0 saturated carbocycles. The normalized spacial score (nSPS) is 16.4. The molecule has 4 N–H and O–H groups in total. The summed E-state index contributed by atoms with van der Waals surface area (Å²) < 4.78 is 17.0. The van der Waals surface area contributed by atoms with E-state index in [9.17, 15) is 14.1 Å². The van der Waals surface area contributed by atoms with Gasteiger partial charge in [-0.3, -0.25) is 0 Å². The number of hydrogen-bond donors (Lipinski definition) is 3. The van der Waals surface area contributed by atoms with E-state index in [1.165, 1.54) is 39.6 Å². The van der Waals surface area contributed by atoms with Gasteiger partial charge in [0.25, 0.3) is 0 Å². The number of aliphatic hydroxyl groups is 1. The fraction of sp³-hybridized carbons (Fsp3) is 0.407. The molecule has 1 heterocycles. The highest BCUT2D eigenvalue weighted by Gasteiger charge is 2.30. The molecule has 0 bridgehead atoms. The number of nitrogens with one attached hydrogen (secondary N) is 1. The van der Waals surface area contributed by atoms with Gasteiger partial charge < -0.3 is 10.4 Å². The molecule has 5 rings (SSSR count). The van der Waals surface area contributed by atoms with Crippen molar-refractivity contribution in [3.8, 4) is 11.1 Å². The number of rotatable bonds is 4. The van der Waals surface area contributed by atoms with Gasteiger partial charge in [-0.1, -0.05) is 18.2 Å². The Balaban J connectivity index is 1.54. The number of nitrogens with two attached hydrogens (primary N) is 1. The number of fused-ring (bicyclic) bond motifs is 2. The topological polar surface area (TPSA) is 118 Å². The summed E-state index contributed by atoms with van der Waals surface area (Å²) in [7, 11) is -3.55. The van der Waals surface area contributed by atoms with Crippen molar-refractivity contribution < 1.29 is 14.1 Å². The van der Waals surface area contributed by atoms with Crippen LogP contribution in [0.1, 0.15) is 64.9 Å². The monoisotopic (exact) mass is 524 g/mol. The maximum atomic E-state index is 13.1. The zero-order valence-corrected chi connectivity index (χ0v) is 22.7. The predicted octanol–water partition coefficient (Wildman–Crippen LogP) is 5.56. The number of urea groups is 1. The summed E-state index contributed by atoms with van der Waals surface area (Å²) in [6.45, 7) is 7.49. The summed E-state index contributed by atoms with van der Waals surface area (Å²) in [5.41, 5.74) is 9.73. The second kappa shape index (κ2) is 9.06. The van der Waals surface area contributed by atoms with Crippen LogP contribution in [0.2, 0.25) is 0 Å². The molecule has 1 unspecified atom stereocenters. The molecule has 1 aromatic heterocycles. The quantitative estimate of drug-likeness (QED) is 0.414. The minimum Gasteiger partial charge on any atom is -0.385 e. The van der Waals surface area contributed by atoms with E-state index in [1.54, 1.807) is 13.8 Å². The molecule has 0 spiro atoms. The molecular formula is C27H32N4O3S2. The van der Waals surface area contributed by atoms with Crippen molar-refractivity contribution in [2.24, 2.45) is 9.50 Å². The number of carbonyl (C=O) groups is 1. The molecule has 9 heteroatoms. The third-order valence-electron chi connectivity index (χ3n) is 7.23. The molecule has 36 heavy (non-hydrogen) atoms. The first-order valence-corrected chi connectivity index (χ1v) is 14.7. The van der Waals surface area contributed by atoms with Gasteiger partial charge in [0.1, 0.15) is 0 Å². The van der Waals surface area contributed by atoms with Crippen LogP contribution in [0.15, 0.2) is 33.1 Å². The lowest BCUT2D eigenvalue weighted by Gasteiger charge is -2.21. The summed E-state index contributed by atoms with van der Waals surface area (Å²) in [4.78, 5) is 17.6. The summed E-state index contributed by atoms with van der Waals surface area (Å²) in [5, 5.41) is 19.1. The molecule has 1 atom stereocenters. The number of hydrogen-bond acceptors (Lipinski definition) is 5. The average molecular weight is 525 g/mol. The zero-order chi connectivity index (χ0) is 25.8. The molecule has 2 aromatic carbocycles. The standard InChI is InChI=1S/C27H32N4O3S2/c1-15-11-12-17(13-16(15)2)23-18-7-5-9-20(18)24(21-10-6-8-19(21)23)30-25(32)31-36(28,34)26-29-14-22(35-26)27(3,4)33/h11-14,33H,5-10H2,1-4H3,(H3,28,30,31,32,34). The lowest BCUT2D eigenvalue weighted by atomic mass is 9.87. The minimum atomic E-state index is -3.55. The highest BCUT2D eigenvalue weighted by molar-refractivity contribution is 7.93. The first kappa shape index (κ1) is 25.1. The van der Waals surface area contributed by atoms with Crippen molar-refractivity contribution in [2.45, 2.75) is 76.2 Å². The molecule has 3 aromatic rings. The molecule has 0 saturated heterocycles. The molecule has 0 radical (unpaired) electrons. The number of aromatic nitrogens is 1. The van der Waals surface area contributed by atoms with Crippen molar-refractivity contribution in [3.63, 3.8) is 0 Å². The maximum absolute atomic E-state index is 13.1. The number of carbonyl (C=O) groups excluding carboxylic acids is 1. The molecular weight excluding hydrogens is 492 g/mol. The van der Waals surface area contributed by atoms with Crippen LogP contribution in [0.25, 0.3) is 11.1 Å². The molecule has 190 valence electrons. The molecule has 7 nitrogen and oxygen atoms in total. The van der Waals surface area contributed by atoms with Gasteiger partial charge in [-0.2, -0.15) is 0 Å². The summed E-state index contributed by atoms with van der Waals surface area (Å²) in [6.07, 6.45) is 7.19. The first-order chi connectivity index (χ1) is 17.0. The Kier molecular flexibility index (Phi) is 6.31. The van der Waals surface area contributed by atoms with Gasteiger partial charge in [0.2, 0.25) is 4.34 Å². The lowest BCUT2D eigenvalue weighted by molar-refractivity contribution is 0.0823. The number of aryl methyl sites for hydroxylation is 2. The van der Waals surface area contributed by atoms with Crippen molar-refractivity contribution in [1.29, 1.82) is 0 Å². The van der Waals surface area contributed by atoms with Crippen LogP contribution in [0.5, 0.6) is 0 Å². The Bertz CT molecular complexity index is 1470. The van der Waals surface area contributed by atoms with Gasteiger partial charge in [0, 0.05) is 11.9 Å². The molecule has 2 aliphatic carbocycles. The fourth-order valence-electron chi connectivity index (χ4n) is 5.32. The Morgan fingerprint density at radius 2 is 1.69 bits per heavy atom. The third-order valence-corrected chi connectivity index (χ3v) is 10.3. The smallest absolute Gasteiger partial charge is 0.354 e. The Morgan fingerprint density at radius 1 is 1.08 bits per heavy atom. The molecule has 2 aliphatic rings. The van der Waals surface area contributed by atoms with Crippen LogP contribution in [0.3, 0.4) is 0 Å². The van der Waals surface area contributed by atoms with Crippen LogP contribution in [-0.2, 0) is 41.2 Å². The van der Waals surface area contributed by atoms with E-state index >= 15 is 0 Å². The number of anilines is 1. The summed E-state index contributed by atoms with van der Waals surface area (Å²) >= 11 is 1.00. The van der Waals surface area contributed by atoms with Crippen LogP contribution in [0.4, 0.5) is 10.5 Å². The van der Waals surface area contributed by atoms with Crippen LogP contribution in [0, 0.1) is 13.8 Å². The minimum absolute atomic E-state index is 0.0234. The van der Waals surface area contributed by atoms with E-state index in [0.717, 1.165) is 66.7 Å². The van der Waals surface area contributed by atoms with E-state index < -0.39 is 21.5 Å². The van der Waals surface area contributed by atoms with Crippen molar-refractivity contribution in [2.75, 3.05) is 5.32 Å². The summed E-state index contributed by atoms with van der Waals surface area (Å²) in [6, 6.07) is 5.93. The fourth-order valence-corrected chi connectivity index (χ4v) is 7.40. The molecule has 0 fully saturated rings. The van der Waals surface area contributed by atoms with Gasteiger partial charge in [-0.05, 0) is 111 Å². The first-order valence-electron chi connectivity index (χ1n) is 12.3. The number of amides is 2. The van der Waals surface area contributed by atoms with Gasteiger partial charge in [-0.25, -0.2) is 19.1 Å². The van der Waals surface area contributed by atoms with E-state index in [1.807, 2.05) is 0 Å². The Morgan fingerprint density at radius 3 is 2.25 bits per heavy atom. The second-order valence-corrected chi connectivity index (χ2v) is 13.3. The molecule has 2 amide bonds. The van der Waals surface area contributed by atoms with Crippen LogP contribution < -0.4 is 10.5 Å². The SMILES string of the molecule is Cc1ccc(-c2c3c(c(NC(=O)N=S(N)(=O)c4ncc(C(C)(C)O)s4)c4c2CCC4)CCC3)cc1C. The van der Waals surface area contributed by atoms with Gasteiger partial charge in [0.05, 0.1) is 10.5 Å². The third kappa shape index (κ3) is 4.49. The van der Waals surface area contributed by atoms with E-state index in [2.05, 4.69) is 46.7 Å². The highest BCUT2D eigenvalue weighted by atomic mass is 32.2. The predicted molar refractivity (Wildman–Crippen MR) is 145 cm³/mol. The van der Waals surface area contributed by atoms with Crippen LogP contribution in [-0.4, -0.2) is 20.3 Å². The average Bonchev–Trinajstić information content (AvgIpc) is 3.55. The Hall–Kier alpha value is -2.59. The van der Waals surface area contributed by atoms with E-state index in [0.29, 0.717) is 4.88 Å². The zero-order valence-electron chi connectivity index (χ0n) is 21.1. The van der Waals surface area contributed by atoms with Gasteiger partial charge in [0.15, 0.2) is 9.92 Å². The van der Waals surface area contributed by atoms with Crippen molar-refractivity contribution in [3.05, 3.63) is 62.7 Å². The van der Waals surface area contributed by atoms with E-state index in [4.69, 9.17) is 5.14 Å². The summed E-state index contributed by atoms with van der Waals surface area (Å²) in [5.74, 6) is 0. The van der Waals surface area contributed by atoms with Crippen LogP contribution >= 0.6 is 11.3 Å². The van der Waals surface area contributed by atoms with Crippen molar-refractivity contribution >= 4 is 33.0 Å². The lowest BCUT2D eigenvalue weighted by Crippen LogP contribution is -2.19. The maximum Gasteiger partial charge on any atom is 0.354 e. The van der Waals surface area contributed by atoms with Crippen molar-refractivity contribution in [1.82, 2.24) is 4.98 Å². The Labute approximate surface area is 216 Å². The number of thiazole rings is 1.